The lowest BCUT2D eigenvalue weighted by atomic mass is 10.2. The fourth-order valence-electron chi connectivity index (χ4n) is 2.80. The molecule has 2 aromatic rings. The Hall–Kier alpha value is -1.90. The summed E-state index contributed by atoms with van der Waals surface area (Å²) in [6, 6.07) is 10.6. The van der Waals surface area contributed by atoms with E-state index in [2.05, 4.69) is 10.6 Å². The first-order chi connectivity index (χ1) is 12.4. The number of piperidine rings is 1. The number of nitrogens with one attached hydrogen (secondary N) is 2. The van der Waals surface area contributed by atoms with E-state index in [-0.39, 0.29) is 12.6 Å². The highest BCUT2D eigenvalue weighted by atomic mass is 32.2. The van der Waals surface area contributed by atoms with Crippen LogP contribution in [0.3, 0.4) is 0 Å². The van der Waals surface area contributed by atoms with Gasteiger partial charge in [-0.15, -0.1) is 11.3 Å². The van der Waals surface area contributed by atoms with Gasteiger partial charge in [0.1, 0.15) is 4.21 Å². The molecule has 1 aromatic heterocycles. The van der Waals surface area contributed by atoms with Crippen molar-refractivity contribution in [1.29, 1.82) is 0 Å². The average Bonchev–Trinajstić information content (AvgIpc) is 3.13. The lowest BCUT2D eigenvalue weighted by Crippen LogP contribution is -2.35. The van der Waals surface area contributed by atoms with Gasteiger partial charge in [0.05, 0.1) is 6.54 Å². The zero-order valence-electron chi connectivity index (χ0n) is 14.7. The summed E-state index contributed by atoms with van der Waals surface area (Å²) in [5, 5.41) is 5.51. The smallest absolute Gasteiger partial charge is 0.319 e. The third-order valence-corrected chi connectivity index (χ3v) is 7.73. The summed E-state index contributed by atoms with van der Waals surface area (Å²) in [6.45, 7) is 3.45. The Kier molecular flexibility index (Phi) is 5.95. The van der Waals surface area contributed by atoms with Crippen LogP contribution in [-0.2, 0) is 16.6 Å². The Balaban J connectivity index is 1.56. The molecule has 0 saturated carbocycles. The number of amides is 2. The topological polar surface area (TPSA) is 78.5 Å². The number of hydrogen-bond donors (Lipinski definition) is 2. The van der Waals surface area contributed by atoms with Crippen molar-refractivity contribution in [2.75, 3.05) is 18.4 Å². The van der Waals surface area contributed by atoms with Crippen LogP contribution in [0.15, 0.2) is 40.6 Å². The van der Waals surface area contributed by atoms with Crippen molar-refractivity contribution in [1.82, 2.24) is 9.62 Å². The minimum Gasteiger partial charge on any atom is -0.333 e. The predicted octanol–water partition coefficient (Wildman–Crippen LogP) is 3.55. The van der Waals surface area contributed by atoms with E-state index >= 15 is 0 Å². The predicted molar refractivity (Wildman–Crippen MR) is 104 cm³/mol. The minimum absolute atomic E-state index is 0.290. The van der Waals surface area contributed by atoms with Gasteiger partial charge in [0, 0.05) is 23.7 Å². The molecule has 3 rings (SSSR count). The van der Waals surface area contributed by atoms with Crippen LogP contribution in [0.25, 0.3) is 0 Å². The van der Waals surface area contributed by atoms with Crippen LogP contribution < -0.4 is 10.6 Å². The van der Waals surface area contributed by atoms with E-state index in [4.69, 9.17) is 0 Å². The summed E-state index contributed by atoms with van der Waals surface area (Å²) in [5.74, 6) is 0. The maximum absolute atomic E-state index is 12.6. The molecule has 0 atom stereocenters. The van der Waals surface area contributed by atoms with Gasteiger partial charge in [-0.2, -0.15) is 4.31 Å². The summed E-state index contributed by atoms with van der Waals surface area (Å²) >= 11 is 1.21. The second kappa shape index (κ2) is 8.20. The van der Waals surface area contributed by atoms with Crippen LogP contribution in [-0.4, -0.2) is 31.8 Å². The van der Waals surface area contributed by atoms with E-state index in [1.807, 2.05) is 31.2 Å². The third-order valence-electron chi connectivity index (χ3n) is 4.28. The largest absolute Gasteiger partial charge is 0.333 e. The zero-order valence-corrected chi connectivity index (χ0v) is 16.3. The fraction of sp³-hybridized carbons (Fsp3) is 0.389. The van der Waals surface area contributed by atoms with Crippen LogP contribution in [0, 0.1) is 6.92 Å². The number of thiophene rings is 1. The molecule has 1 aliphatic heterocycles. The highest BCUT2D eigenvalue weighted by Crippen LogP contribution is 2.27. The molecule has 140 valence electrons. The van der Waals surface area contributed by atoms with Crippen molar-refractivity contribution >= 4 is 33.1 Å². The molecule has 0 radical (unpaired) electrons. The van der Waals surface area contributed by atoms with Crippen LogP contribution in [0.5, 0.6) is 0 Å². The van der Waals surface area contributed by atoms with Gasteiger partial charge in [0.15, 0.2) is 0 Å². The Labute approximate surface area is 158 Å². The Morgan fingerprint density at radius 1 is 1.08 bits per heavy atom. The van der Waals surface area contributed by atoms with Gasteiger partial charge in [0.2, 0.25) is 0 Å². The van der Waals surface area contributed by atoms with Crippen molar-refractivity contribution in [2.24, 2.45) is 0 Å². The molecule has 8 heteroatoms. The Morgan fingerprint density at radius 2 is 1.77 bits per heavy atom. The first kappa shape index (κ1) is 18.9. The maximum Gasteiger partial charge on any atom is 0.319 e. The quantitative estimate of drug-likeness (QED) is 0.815. The first-order valence-electron chi connectivity index (χ1n) is 8.65. The number of carbonyl (C=O) groups excluding carboxylic acids is 1. The number of rotatable bonds is 5. The van der Waals surface area contributed by atoms with Gasteiger partial charge in [0.25, 0.3) is 10.0 Å². The molecule has 0 bridgehead atoms. The molecule has 1 aliphatic rings. The monoisotopic (exact) mass is 393 g/mol. The van der Waals surface area contributed by atoms with Gasteiger partial charge in [-0.05, 0) is 44.0 Å². The number of nitrogens with zero attached hydrogens (tertiary/aromatic N) is 1. The van der Waals surface area contributed by atoms with Crippen LogP contribution in [0.2, 0.25) is 0 Å². The van der Waals surface area contributed by atoms with E-state index in [9.17, 15) is 13.2 Å². The molecule has 0 spiro atoms. The molecule has 26 heavy (non-hydrogen) atoms. The van der Waals surface area contributed by atoms with Crippen molar-refractivity contribution in [2.45, 2.75) is 36.9 Å². The van der Waals surface area contributed by atoms with Gasteiger partial charge < -0.3 is 10.6 Å². The number of urea groups is 1. The number of sulfonamides is 1. The van der Waals surface area contributed by atoms with Crippen LogP contribution in [0.1, 0.15) is 29.7 Å². The molecule has 6 nitrogen and oxygen atoms in total. The molecule has 0 unspecified atom stereocenters. The van der Waals surface area contributed by atoms with Crippen molar-refractivity contribution in [3.05, 3.63) is 46.8 Å². The van der Waals surface area contributed by atoms with Crippen LogP contribution in [0.4, 0.5) is 10.5 Å². The van der Waals surface area contributed by atoms with E-state index in [1.54, 1.807) is 16.4 Å². The number of carbonyl (C=O) groups is 1. The Morgan fingerprint density at radius 3 is 2.46 bits per heavy atom. The summed E-state index contributed by atoms with van der Waals surface area (Å²) in [4.78, 5) is 12.8. The van der Waals surface area contributed by atoms with Gasteiger partial charge in [-0.25, -0.2) is 13.2 Å². The number of aryl methyl sites for hydroxylation is 1. The normalized spacial score (nSPS) is 15.6. The summed E-state index contributed by atoms with van der Waals surface area (Å²) in [5.41, 5.74) is 1.84. The number of benzene rings is 1. The Bertz CT molecular complexity index is 854. The van der Waals surface area contributed by atoms with E-state index in [0.717, 1.165) is 29.7 Å². The van der Waals surface area contributed by atoms with Gasteiger partial charge in [-0.3, -0.25) is 0 Å². The molecule has 2 amide bonds. The zero-order chi connectivity index (χ0) is 18.6. The second-order valence-corrected chi connectivity index (χ2v) is 9.69. The lowest BCUT2D eigenvalue weighted by Gasteiger charge is -2.25. The average molecular weight is 394 g/mol. The second-order valence-electron chi connectivity index (χ2n) is 6.36. The molecule has 1 aromatic carbocycles. The number of hydrogen-bond acceptors (Lipinski definition) is 4. The highest BCUT2D eigenvalue weighted by Gasteiger charge is 2.27. The molecule has 0 aliphatic carbocycles. The SMILES string of the molecule is Cc1ccc(NC(=O)NCc2ccc(S(=O)(=O)N3CCCCC3)s2)cc1. The molecule has 1 fully saturated rings. The highest BCUT2D eigenvalue weighted by molar-refractivity contribution is 7.91. The maximum atomic E-state index is 12.6. The van der Waals surface area contributed by atoms with E-state index < -0.39 is 10.0 Å². The standard InChI is InChI=1S/C18H23N3O3S2/c1-14-5-7-15(8-6-14)20-18(22)19-13-16-9-10-17(25-16)26(23,24)21-11-3-2-4-12-21/h5-10H,2-4,11-13H2,1H3,(H2,19,20,22). The summed E-state index contributed by atoms with van der Waals surface area (Å²) in [6.07, 6.45) is 2.91. The van der Waals surface area contributed by atoms with Gasteiger partial charge >= 0.3 is 6.03 Å². The third kappa shape index (κ3) is 4.63. The number of anilines is 1. The molecule has 1 saturated heterocycles. The van der Waals surface area contributed by atoms with Crippen molar-refractivity contribution < 1.29 is 13.2 Å². The van der Waals surface area contributed by atoms with E-state index in [1.165, 1.54) is 11.3 Å². The molecular weight excluding hydrogens is 370 g/mol. The summed E-state index contributed by atoms with van der Waals surface area (Å²) < 4.78 is 27.2. The van der Waals surface area contributed by atoms with E-state index in [0.29, 0.717) is 23.0 Å². The molecule has 2 heterocycles. The fourth-order valence-corrected chi connectivity index (χ4v) is 5.77. The van der Waals surface area contributed by atoms with Crippen LogP contribution >= 0.6 is 11.3 Å². The van der Waals surface area contributed by atoms with Crippen molar-refractivity contribution in [3.8, 4) is 0 Å². The molecule has 2 N–H and O–H groups in total. The lowest BCUT2D eigenvalue weighted by molar-refractivity contribution is 0.252. The molecular formula is C18H23N3O3S2. The van der Waals surface area contributed by atoms with Crippen molar-refractivity contribution in [3.63, 3.8) is 0 Å². The summed E-state index contributed by atoms with van der Waals surface area (Å²) in [7, 11) is -3.41. The van der Waals surface area contributed by atoms with Gasteiger partial charge in [-0.1, -0.05) is 24.1 Å². The first-order valence-corrected chi connectivity index (χ1v) is 10.9. The minimum atomic E-state index is -3.41.